The molecule has 1 fully saturated rings. The molecule has 4 heteroatoms. The summed E-state index contributed by atoms with van der Waals surface area (Å²) in [5.74, 6) is 1.05. The molecule has 2 aromatic rings. The normalized spacial score (nSPS) is 23.1. The molecule has 0 spiro atoms. The van der Waals surface area contributed by atoms with Crippen molar-refractivity contribution in [2.45, 2.75) is 32.4 Å². The van der Waals surface area contributed by atoms with Crippen LogP contribution in [0.15, 0.2) is 42.6 Å². The van der Waals surface area contributed by atoms with Crippen molar-refractivity contribution < 1.29 is 4.39 Å². The van der Waals surface area contributed by atoms with E-state index in [1.54, 1.807) is 6.07 Å². The Labute approximate surface area is 135 Å². The van der Waals surface area contributed by atoms with E-state index in [0.29, 0.717) is 5.92 Å². The van der Waals surface area contributed by atoms with Gasteiger partial charge in [-0.1, -0.05) is 30.7 Å². The van der Waals surface area contributed by atoms with Crippen LogP contribution in [0.5, 0.6) is 0 Å². The first-order valence-corrected chi connectivity index (χ1v) is 8.05. The predicted molar refractivity (Wildman–Crippen MR) is 87.2 cm³/mol. The lowest BCUT2D eigenvalue weighted by Gasteiger charge is -2.24. The van der Waals surface area contributed by atoms with E-state index in [9.17, 15) is 4.39 Å². The maximum atomic E-state index is 13.0. The molecule has 0 bridgehead atoms. The Kier molecular flexibility index (Phi) is 4.46. The zero-order chi connectivity index (χ0) is 15.7. The smallest absolute Gasteiger partial charge is 0.141 e. The molecular weight excluding hydrogens is 299 g/mol. The Morgan fingerprint density at radius 3 is 2.45 bits per heavy atom. The fourth-order valence-electron chi connectivity index (χ4n) is 2.95. The molecule has 0 unspecified atom stereocenters. The van der Waals surface area contributed by atoms with Crippen molar-refractivity contribution in [3.05, 3.63) is 64.7 Å². The van der Waals surface area contributed by atoms with E-state index in [4.69, 9.17) is 11.6 Å². The summed E-state index contributed by atoms with van der Waals surface area (Å²) in [5, 5.41) is 4.40. The second-order valence-electron chi connectivity index (χ2n) is 6.20. The summed E-state index contributed by atoms with van der Waals surface area (Å²) >= 11 is 5.99. The maximum absolute atomic E-state index is 13.0. The minimum Gasteiger partial charge on any atom is -0.302 e. The summed E-state index contributed by atoms with van der Waals surface area (Å²) in [5.41, 5.74) is 2.10. The summed E-state index contributed by atoms with van der Waals surface area (Å²) in [4.78, 5) is 4.18. The average Bonchev–Trinajstić information content (AvgIpc) is 3.23. The van der Waals surface area contributed by atoms with Crippen LogP contribution >= 0.6 is 11.6 Å². The van der Waals surface area contributed by atoms with Crippen molar-refractivity contribution in [2.24, 2.45) is 11.8 Å². The lowest BCUT2D eigenvalue weighted by Crippen LogP contribution is -2.27. The predicted octanol–water partition coefficient (Wildman–Crippen LogP) is 4.92. The number of aromatic nitrogens is 1. The SMILES string of the molecule is C[C@H](N[C@H](c1ccc(Cl)cc1)[C@H]1C[C@@H]1C)c1ccc(F)cn1. The highest BCUT2D eigenvalue weighted by Crippen LogP contribution is 2.47. The van der Waals surface area contributed by atoms with Gasteiger partial charge in [0, 0.05) is 17.1 Å². The summed E-state index contributed by atoms with van der Waals surface area (Å²) in [7, 11) is 0. The molecule has 0 saturated heterocycles. The molecule has 0 amide bonds. The zero-order valence-corrected chi connectivity index (χ0v) is 13.5. The fraction of sp³-hybridized carbons (Fsp3) is 0.389. The number of nitrogens with one attached hydrogen (secondary N) is 1. The van der Waals surface area contributed by atoms with Gasteiger partial charge in [0.1, 0.15) is 5.82 Å². The van der Waals surface area contributed by atoms with Crippen molar-refractivity contribution in [3.8, 4) is 0 Å². The quantitative estimate of drug-likeness (QED) is 0.846. The molecule has 1 saturated carbocycles. The van der Waals surface area contributed by atoms with Gasteiger partial charge in [0.05, 0.1) is 11.9 Å². The standard InChI is InChI=1S/C18H20ClFN2/c1-11-9-16(11)18(13-3-5-14(19)6-4-13)22-12(2)17-8-7-15(20)10-21-17/h3-8,10-12,16,18,22H,9H2,1-2H3/t11-,12-,16-,18+/m0/s1. The van der Waals surface area contributed by atoms with Crippen LogP contribution < -0.4 is 5.32 Å². The molecule has 22 heavy (non-hydrogen) atoms. The van der Waals surface area contributed by atoms with Crippen LogP contribution in [0.4, 0.5) is 4.39 Å². The van der Waals surface area contributed by atoms with Gasteiger partial charge in [-0.15, -0.1) is 0 Å². The largest absolute Gasteiger partial charge is 0.302 e. The monoisotopic (exact) mass is 318 g/mol. The molecule has 1 aromatic heterocycles. The minimum atomic E-state index is -0.305. The molecule has 1 heterocycles. The molecule has 1 aromatic carbocycles. The number of benzene rings is 1. The Morgan fingerprint density at radius 2 is 1.91 bits per heavy atom. The topological polar surface area (TPSA) is 24.9 Å². The van der Waals surface area contributed by atoms with Crippen LogP contribution in [0.1, 0.15) is 43.6 Å². The molecule has 1 aliphatic rings. The Bertz CT molecular complexity index is 627. The van der Waals surface area contributed by atoms with E-state index in [2.05, 4.69) is 36.3 Å². The number of halogens is 2. The first-order valence-electron chi connectivity index (χ1n) is 7.67. The Balaban J connectivity index is 1.78. The molecule has 3 rings (SSSR count). The maximum Gasteiger partial charge on any atom is 0.141 e. The van der Waals surface area contributed by atoms with Crippen LogP contribution in [-0.2, 0) is 0 Å². The molecule has 2 nitrogen and oxygen atoms in total. The highest BCUT2D eigenvalue weighted by Gasteiger charge is 2.40. The van der Waals surface area contributed by atoms with E-state index < -0.39 is 0 Å². The van der Waals surface area contributed by atoms with Crippen molar-refractivity contribution in [2.75, 3.05) is 0 Å². The van der Waals surface area contributed by atoms with Crippen LogP contribution in [0.2, 0.25) is 5.02 Å². The number of pyridine rings is 1. The molecule has 0 aliphatic heterocycles. The second-order valence-corrected chi connectivity index (χ2v) is 6.63. The molecule has 1 N–H and O–H groups in total. The van der Waals surface area contributed by atoms with Crippen molar-refractivity contribution in [1.29, 1.82) is 0 Å². The molecule has 116 valence electrons. The van der Waals surface area contributed by atoms with Crippen LogP contribution in [0.3, 0.4) is 0 Å². The third-order valence-corrected chi connectivity index (χ3v) is 4.70. The van der Waals surface area contributed by atoms with Crippen molar-refractivity contribution in [3.63, 3.8) is 0 Å². The van der Waals surface area contributed by atoms with Crippen LogP contribution in [-0.4, -0.2) is 4.98 Å². The summed E-state index contributed by atoms with van der Waals surface area (Å²) in [6.45, 7) is 4.34. The second kappa shape index (κ2) is 6.35. The minimum absolute atomic E-state index is 0.0640. The Morgan fingerprint density at radius 1 is 1.23 bits per heavy atom. The van der Waals surface area contributed by atoms with Crippen LogP contribution in [0.25, 0.3) is 0 Å². The van der Waals surface area contributed by atoms with Gasteiger partial charge in [-0.3, -0.25) is 4.98 Å². The van der Waals surface area contributed by atoms with E-state index in [1.807, 2.05) is 12.1 Å². The summed E-state index contributed by atoms with van der Waals surface area (Å²) in [6, 6.07) is 11.5. The molecule has 0 radical (unpaired) electrons. The van der Waals surface area contributed by atoms with Gasteiger partial charge in [0.2, 0.25) is 0 Å². The van der Waals surface area contributed by atoms with Crippen molar-refractivity contribution in [1.82, 2.24) is 10.3 Å². The Hall–Kier alpha value is -1.45. The number of hydrogen-bond acceptors (Lipinski definition) is 2. The van der Waals surface area contributed by atoms with E-state index in [0.717, 1.165) is 16.6 Å². The van der Waals surface area contributed by atoms with Gasteiger partial charge in [-0.05, 0) is 55.0 Å². The third kappa shape index (κ3) is 3.47. The third-order valence-electron chi connectivity index (χ3n) is 4.45. The lowest BCUT2D eigenvalue weighted by molar-refractivity contribution is 0.409. The highest BCUT2D eigenvalue weighted by atomic mass is 35.5. The number of nitrogens with zero attached hydrogens (tertiary/aromatic N) is 1. The van der Waals surface area contributed by atoms with Gasteiger partial charge >= 0.3 is 0 Å². The molecule has 4 atom stereocenters. The van der Waals surface area contributed by atoms with E-state index in [-0.39, 0.29) is 17.9 Å². The number of hydrogen-bond donors (Lipinski definition) is 1. The van der Waals surface area contributed by atoms with Gasteiger partial charge in [-0.25, -0.2) is 4.39 Å². The van der Waals surface area contributed by atoms with Gasteiger partial charge < -0.3 is 5.32 Å². The number of rotatable bonds is 5. The highest BCUT2D eigenvalue weighted by molar-refractivity contribution is 6.30. The fourth-order valence-corrected chi connectivity index (χ4v) is 3.08. The van der Waals surface area contributed by atoms with Gasteiger partial charge in [0.25, 0.3) is 0 Å². The summed E-state index contributed by atoms with van der Waals surface area (Å²) in [6.07, 6.45) is 2.49. The average molecular weight is 319 g/mol. The zero-order valence-electron chi connectivity index (χ0n) is 12.8. The molecule has 1 aliphatic carbocycles. The van der Waals surface area contributed by atoms with E-state index >= 15 is 0 Å². The lowest BCUT2D eigenvalue weighted by atomic mass is 9.99. The van der Waals surface area contributed by atoms with Crippen LogP contribution in [0, 0.1) is 17.7 Å². The first kappa shape index (κ1) is 15.4. The van der Waals surface area contributed by atoms with E-state index in [1.165, 1.54) is 24.2 Å². The first-order chi connectivity index (χ1) is 10.5. The molecular formula is C18H20ClFN2. The van der Waals surface area contributed by atoms with Gasteiger partial charge in [-0.2, -0.15) is 0 Å². The summed E-state index contributed by atoms with van der Waals surface area (Å²) < 4.78 is 13.0. The van der Waals surface area contributed by atoms with Gasteiger partial charge in [0.15, 0.2) is 0 Å². The van der Waals surface area contributed by atoms with Crippen molar-refractivity contribution >= 4 is 11.6 Å².